The molecule has 3 nitrogen and oxygen atoms in total. The van der Waals surface area contributed by atoms with E-state index in [4.69, 9.17) is 4.74 Å². The van der Waals surface area contributed by atoms with Crippen LogP contribution >= 0.6 is 11.3 Å². The van der Waals surface area contributed by atoms with Gasteiger partial charge < -0.3 is 4.74 Å². The molecule has 0 atom stereocenters. The normalized spacial score (nSPS) is 10.2. The molecule has 1 aromatic heterocycles. The maximum Gasteiger partial charge on any atom is 0.411 e. The minimum atomic E-state index is -0.402. The first-order valence-electron chi connectivity index (χ1n) is 4.71. The Balaban J connectivity index is 2.25. The highest BCUT2D eigenvalue weighted by Crippen LogP contribution is 2.29. The van der Waals surface area contributed by atoms with E-state index in [1.165, 1.54) is 0 Å². The van der Waals surface area contributed by atoms with Crippen LogP contribution in [0.15, 0.2) is 29.6 Å². The van der Waals surface area contributed by atoms with Crippen LogP contribution in [0.1, 0.15) is 6.92 Å². The molecule has 2 aromatic rings. The summed E-state index contributed by atoms with van der Waals surface area (Å²) in [4.78, 5) is 11.2. The molecule has 1 heterocycles. The molecular weight excluding hydrogens is 210 g/mol. The molecule has 0 saturated carbocycles. The molecule has 0 aliphatic rings. The van der Waals surface area contributed by atoms with E-state index in [-0.39, 0.29) is 0 Å². The second-order valence-electron chi connectivity index (χ2n) is 2.99. The van der Waals surface area contributed by atoms with Gasteiger partial charge in [-0.05, 0) is 13.0 Å². The van der Waals surface area contributed by atoms with E-state index in [2.05, 4.69) is 5.32 Å². The van der Waals surface area contributed by atoms with E-state index in [0.717, 1.165) is 15.8 Å². The van der Waals surface area contributed by atoms with E-state index < -0.39 is 6.09 Å². The monoisotopic (exact) mass is 221 g/mol. The molecule has 1 aromatic carbocycles. The number of anilines is 1. The lowest BCUT2D eigenvalue weighted by molar-refractivity contribution is 0.168. The van der Waals surface area contributed by atoms with E-state index in [0.29, 0.717) is 6.61 Å². The molecule has 0 bridgehead atoms. The number of benzene rings is 1. The van der Waals surface area contributed by atoms with Gasteiger partial charge in [0.05, 0.1) is 12.3 Å². The smallest absolute Gasteiger partial charge is 0.411 e. The van der Waals surface area contributed by atoms with Crippen molar-refractivity contribution in [2.24, 2.45) is 0 Å². The molecule has 4 heteroatoms. The summed E-state index contributed by atoms with van der Waals surface area (Å²) in [5.41, 5.74) is 0.814. The van der Waals surface area contributed by atoms with E-state index >= 15 is 0 Å². The maximum absolute atomic E-state index is 11.2. The Morgan fingerprint density at radius 1 is 1.47 bits per heavy atom. The molecular formula is C11H11NO2S. The van der Waals surface area contributed by atoms with Crippen LogP contribution in [-0.4, -0.2) is 12.7 Å². The number of thiophene rings is 1. The number of carbonyl (C=O) groups is 1. The van der Waals surface area contributed by atoms with Crippen molar-refractivity contribution in [3.63, 3.8) is 0 Å². The van der Waals surface area contributed by atoms with Crippen molar-refractivity contribution in [2.45, 2.75) is 6.92 Å². The predicted octanol–water partition coefficient (Wildman–Crippen LogP) is 3.47. The Kier molecular flexibility index (Phi) is 2.87. The van der Waals surface area contributed by atoms with Crippen molar-refractivity contribution in [1.29, 1.82) is 0 Å². The highest BCUT2D eigenvalue weighted by atomic mass is 32.1. The van der Waals surface area contributed by atoms with Crippen LogP contribution < -0.4 is 5.32 Å². The summed E-state index contributed by atoms with van der Waals surface area (Å²) in [6, 6.07) is 7.93. The Morgan fingerprint density at radius 3 is 3.07 bits per heavy atom. The third kappa shape index (κ3) is 2.10. The van der Waals surface area contributed by atoms with Gasteiger partial charge in [0.2, 0.25) is 0 Å². The number of ether oxygens (including phenoxy) is 1. The summed E-state index contributed by atoms with van der Waals surface area (Å²) >= 11 is 1.60. The fourth-order valence-corrected chi connectivity index (χ4v) is 2.24. The lowest BCUT2D eigenvalue weighted by atomic mass is 10.2. The summed E-state index contributed by atoms with van der Waals surface area (Å²) in [5.74, 6) is 0. The van der Waals surface area contributed by atoms with E-state index in [1.54, 1.807) is 18.3 Å². The first-order chi connectivity index (χ1) is 7.31. The third-order valence-corrected chi connectivity index (χ3v) is 2.96. The Morgan fingerprint density at radius 2 is 2.27 bits per heavy atom. The van der Waals surface area contributed by atoms with Gasteiger partial charge in [-0.2, -0.15) is 0 Å². The molecule has 1 amide bonds. The summed E-state index contributed by atoms with van der Waals surface area (Å²) in [5, 5.41) is 5.68. The van der Waals surface area contributed by atoms with Crippen LogP contribution in [0.4, 0.5) is 10.5 Å². The number of amides is 1. The molecule has 15 heavy (non-hydrogen) atoms. The lowest BCUT2D eigenvalue weighted by Crippen LogP contribution is -2.12. The number of nitrogens with one attached hydrogen (secondary N) is 1. The van der Waals surface area contributed by atoms with Gasteiger partial charge >= 0.3 is 6.09 Å². The van der Waals surface area contributed by atoms with Crippen LogP contribution in [0.25, 0.3) is 10.1 Å². The zero-order valence-corrected chi connectivity index (χ0v) is 9.14. The highest BCUT2D eigenvalue weighted by molar-refractivity contribution is 7.17. The molecule has 0 unspecified atom stereocenters. The van der Waals surface area contributed by atoms with Gasteiger partial charge in [0.25, 0.3) is 0 Å². The molecule has 0 spiro atoms. The summed E-state index contributed by atoms with van der Waals surface area (Å²) in [7, 11) is 0. The molecule has 0 aliphatic carbocycles. The SMILES string of the molecule is CCOC(=O)Nc1csc2ccccc12. The van der Waals surface area contributed by atoms with Gasteiger partial charge in [0.1, 0.15) is 0 Å². The lowest BCUT2D eigenvalue weighted by Gasteiger charge is -2.03. The fourth-order valence-electron chi connectivity index (χ4n) is 1.35. The predicted molar refractivity (Wildman–Crippen MR) is 62.5 cm³/mol. The molecule has 0 fully saturated rings. The van der Waals surface area contributed by atoms with Gasteiger partial charge in [-0.15, -0.1) is 11.3 Å². The molecule has 0 aliphatic heterocycles. The van der Waals surface area contributed by atoms with Gasteiger partial charge in [-0.1, -0.05) is 18.2 Å². The van der Waals surface area contributed by atoms with Crippen molar-refractivity contribution in [3.8, 4) is 0 Å². The Labute approximate surface area is 91.7 Å². The summed E-state index contributed by atoms with van der Waals surface area (Å²) in [6.45, 7) is 2.17. The standard InChI is InChI=1S/C11H11NO2S/c1-2-14-11(13)12-9-7-15-10-6-4-3-5-8(9)10/h3-7H,2H2,1H3,(H,12,13). The quantitative estimate of drug-likeness (QED) is 0.843. The van der Waals surface area contributed by atoms with Crippen molar-refractivity contribution in [3.05, 3.63) is 29.6 Å². The maximum atomic E-state index is 11.2. The van der Waals surface area contributed by atoms with Crippen molar-refractivity contribution in [2.75, 3.05) is 11.9 Å². The highest BCUT2D eigenvalue weighted by Gasteiger charge is 2.06. The average molecular weight is 221 g/mol. The molecule has 1 N–H and O–H groups in total. The fraction of sp³-hybridized carbons (Fsp3) is 0.182. The first kappa shape index (κ1) is 9.98. The third-order valence-electron chi connectivity index (χ3n) is 1.99. The number of hydrogen-bond acceptors (Lipinski definition) is 3. The summed E-state index contributed by atoms with van der Waals surface area (Å²) < 4.78 is 5.98. The van der Waals surface area contributed by atoms with Gasteiger partial charge in [-0.25, -0.2) is 4.79 Å². The van der Waals surface area contributed by atoms with Crippen molar-refractivity contribution in [1.82, 2.24) is 0 Å². The topological polar surface area (TPSA) is 38.3 Å². The van der Waals surface area contributed by atoms with Crippen LogP contribution in [0, 0.1) is 0 Å². The second-order valence-corrected chi connectivity index (χ2v) is 3.90. The zero-order valence-electron chi connectivity index (χ0n) is 8.32. The van der Waals surface area contributed by atoms with Gasteiger partial charge in [0, 0.05) is 15.5 Å². The number of carbonyl (C=O) groups excluding carboxylic acids is 1. The molecule has 0 radical (unpaired) electrons. The van der Waals surface area contributed by atoms with Gasteiger partial charge in [-0.3, -0.25) is 5.32 Å². The molecule has 0 saturated heterocycles. The van der Waals surface area contributed by atoms with E-state index in [1.807, 2.05) is 29.6 Å². The Bertz CT molecular complexity index is 478. The van der Waals surface area contributed by atoms with Crippen LogP contribution in [0.2, 0.25) is 0 Å². The van der Waals surface area contributed by atoms with Crippen LogP contribution in [0.5, 0.6) is 0 Å². The minimum Gasteiger partial charge on any atom is -0.450 e. The van der Waals surface area contributed by atoms with Crippen molar-refractivity contribution >= 4 is 33.2 Å². The molecule has 78 valence electrons. The number of rotatable bonds is 2. The summed E-state index contributed by atoms with van der Waals surface area (Å²) in [6.07, 6.45) is -0.402. The number of hydrogen-bond donors (Lipinski definition) is 1. The Hall–Kier alpha value is -1.55. The van der Waals surface area contributed by atoms with Gasteiger partial charge in [0.15, 0.2) is 0 Å². The van der Waals surface area contributed by atoms with Crippen LogP contribution in [0.3, 0.4) is 0 Å². The zero-order chi connectivity index (χ0) is 10.7. The number of fused-ring (bicyclic) bond motifs is 1. The first-order valence-corrected chi connectivity index (χ1v) is 5.59. The minimum absolute atomic E-state index is 0.383. The van der Waals surface area contributed by atoms with Crippen LogP contribution in [-0.2, 0) is 4.74 Å². The largest absolute Gasteiger partial charge is 0.450 e. The average Bonchev–Trinajstić information content (AvgIpc) is 2.62. The van der Waals surface area contributed by atoms with Crippen molar-refractivity contribution < 1.29 is 9.53 Å². The second kappa shape index (κ2) is 4.31. The van der Waals surface area contributed by atoms with E-state index in [9.17, 15) is 4.79 Å². The molecule has 2 rings (SSSR count).